The molecule has 0 bridgehead atoms. The smallest absolute Gasteiger partial charge is 0.151 e. The summed E-state index contributed by atoms with van der Waals surface area (Å²) in [5.74, 6) is 2.67. The van der Waals surface area contributed by atoms with E-state index < -0.39 is 0 Å². The first-order valence-corrected chi connectivity index (χ1v) is 45.4. The fourth-order valence-electron chi connectivity index (χ4n) is 17.7. The molecule has 2 aliphatic rings. The highest BCUT2D eigenvalue weighted by molar-refractivity contribution is 7.99. The number of hydrogen-bond donors (Lipinski definition) is 3. The number of anilines is 6. The standard InChI is InChI=1S/C52H37N.C20H25N.C18H13NO.C18H13NS.C14H13NO/c1-7-19-37(20-8-1)49(38-21-9-2-10-22-38)51(41-27-15-5-16-28-41)43-31-33-47-45(35-43)46-36-44(32-34-48(46)53-47)52(42-29-17-6-18-30-42)50(39-23-11-3-12-24-39)40-25-13-4-14-26-40;1-19(2,3)13-7-9-17-15(11-13)16-12-14(20(4,5)6)8-10-18(16)21-17;2*1-2-8-14(9-3-1)19-15-10-4-6-12-17(15)20-18-13-7-5-11-16(18)19;1-9-3-5-13-11(7-9)12-8-10(16-2)4-6-14(12)15-13/h1-36,53H;7-12,21H,1-6H3;2*1-13H;3-8,15H,1-2H3. The Labute approximate surface area is 766 Å². The molecule has 0 radical (unpaired) electrons. The molecule has 130 heavy (non-hydrogen) atoms. The lowest BCUT2D eigenvalue weighted by molar-refractivity contribution is 0.415. The van der Waals surface area contributed by atoms with Gasteiger partial charge in [-0.05, 0) is 247 Å². The highest BCUT2D eigenvalue weighted by atomic mass is 32.2. The number of nitrogens with one attached hydrogen (secondary N) is 3. The molecule has 18 aromatic carbocycles. The van der Waals surface area contributed by atoms with E-state index >= 15 is 0 Å². The first kappa shape index (κ1) is 83.9. The summed E-state index contributed by atoms with van der Waals surface area (Å²) in [5.41, 5.74) is 32.7. The summed E-state index contributed by atoms with van der Waals surface area (Å²) in [4.78, 5) is 17.8. The van der Waals surface area contributed by atoms with E-state index in [1.807, 2.05) is 60.3 Å². The van der Waals surface area contributed by atoms with Crippen molar-refractivity contribution < 1.29 is 9.47 Å². The first-order chi connectivity index (χ1) is 63.6. The number of aryl methyl sites for hydroxylation is 1. The Morgan fingerprint density at radius 2 is 0.523 bits per heavy atom. The maximum atomic E-state index is 5.99. The molecule has 5 heterocycles. The predicted molar refractivity (Wildman–Crippen MR) is 551 cm³/mol. The van der Waals surface area contributed by atoms with Crippen LogP contribution in [-0.2, 0) is 10.8 Å². The van der Waals surface area contributed by atoms with Crippen LogP contribution in [0.25, 0.3) is 87.7 Å². The first-order valence-electron chi connectivity index (χ1n) is 44.5. The number of methoxy groups -OCH3 is 1. The van der Waals surface area contributed by atoms with E-state index in [4.69, 9.17) is 9.47 Å². The molecule has 0 fully saturated rings. The molecule has 0 spiro atoms. The molecule has 0 saturated heterocycles. The maximum Gasteiger partial charge on any atom is 0.151 e. The second-order valence-corrected chi connectivity index (χ2v) is 36.1. The average Bonchev–Trinajstić information content (AvgIpc) is 0.844. The van der Waals surface area contributed by atoms with Crippen molar-refractivity contribution >= 4 is 134 Å². The summed E-state index contributed by atoms with van der Waals surface area (Å²) >= 11 is 1.84. The van der Waals surface area contributed by atoms with Gasteiger partial charge in [-0.1, -0.05) is 356 Å². The fourth-order valence-corrected chi connectivity index (χ4v) is 18.8. The summed E-state index contributed by atoms with van der Waals surface area (Å²) in [5, 5.41) is 7.54. The molecule has 0 amide bonds. The van der Waals surface area contributed by atoms with Crippen molar-refractivity contribution in [3.63, 3.8) is 0 Å². The van der Waals surface area contributed by atoms with E-state index in [1.165, 1.54) is 159 Å². The Morgan fingerprint density at radius 3 is 0.877 bits per heavy atom. The van der Waals surface area contributed by atoms with Crippen LogP contribution in [0.1, 0.15) is 103 Å². The van der Waals surface area contributed by atoms with E-state index in [2.05, 4.69) is 474 Å². The number of H-pyrrole nitrogens is 3. The Bertz CT molecular complexity index is 7080. The normalized spacial score (nSPS) is 11.8. The van der Waals surface area contributed by atoms with Gasteiger partial charge in [0, 0.05) is 86.6 Å². The van der Waals surface area contributed by atoms with E-state index in [0.29, 0.717) is 0 Å². The lowest BCUT2D eigenvalue weighted by Gasteiger charge is -2.32. The molecule has 8 heteroatoms. The largest absolute Gasteiger partial charge is 0.497 e. The number of aromatic amines is 3. The highest BCUT2D eigenvalue weighted by Gasteiger charge is 2.28. The monoisotopic (exact) mass is 1700 g/mol. The molecule has 7 nitrogen and oxygen atoms in total. The fraction of sp³-hybridized carbons (Fsp3) is 0.0820. The molecule has 21 aromatic rings. The number of benzene rings is 18. The van der Waals surface area contributed by atoms with Crippen molar-refractivity contribution in [1.82, 2.24) is 15.0 Å². The minimum Gasteiger partial charge on any atom is -0.497 e. The maximum absolute atomic E-state index is 5.99. The van der Waals surface area contributed by atoms with Crippen LogP contribution in [0.3, 0.4) is 0 Å². The quantitative estimate of drug-likeness (QED) is 0.113. The molecule has 0 unspecified atom stereocenters. The number of nitrogens with zero attached hydrogens (tertiary/aromatic N) is 2. The Morgan fingerprint density at radius 1 is 0.254 bits per heavy atom. The molecule has 3 aromatic heterocycles. The number of rotatable bonds is 11. The molecule has 2 aliphatic heterocycles. The van der Waals surface area contributed by atoms with Gasteiger partial charge in [0.05, 0.1) is 29.9 Å². The number of hydrogen-bond acceptors (Lipinski definition) is 5. The van der Waals surface area contributed by atoms with Gasteiger partial charge in [0.25, 0.3) is 0 Å². The van der Waals surface area contributed by atoms with E-state index in [1.54, 1.807) is 7.11 Å². The van der Waals surface area contributed by atoms with Gasteiger partial charge in [-0.25, -0.2) is 0 Å². The zero-order valence-electron chi connectivity index (χ0n) is 74.3. The summed E-state index contributed by atoms with van der Waals surface area (Å²) in [6.07, 6.45) is 0. The van der Waals surface area contributed by atoms with Gasteiger partial charge >= 0.3 is 0 Å². The van der Waals surface area contributed by atoms with Crippen LogP contribution in [0.4, 0.5) is 34.1 Å². The van der Waals surface area contributed by atoms with Crippen LogP contribution in [0, 0.1) is 6.92 Å². The molecule has 0 atom stereocenters. The third-order valence-electron chi connectivity index (χ3n) is 24.2. The Hall–Kier alpha value is -15.6. The van der Waals surface area contributed by atoms with Crippen LogP contribution >= 0.6 is 11.8 Å². The minimum absolute atomic E-state index is 0.180. The lowest BCUT2D eigenvalue weighted by Crippen LogP contribution is -2.15. The number of aromatic nitrogens is 3. The lowest BCUT2D eigenvalue weighted by atomic mass is 9.85. The highest BCUT2D eigenvalue weighted by Crippen LogP contribution is 2.53. The summed E-state index contributed by atoms with van der Waals surface area (Å²) in [7, 11) is 1.70. The molecule has 0 aliphatic carbocycles. The van der Waals surface area contributed by atoms with Crippen molar-refractivity contribution in [2.75, 3.05) is 16.9 Å². The van der Waals surface area contributed by atoms with Crippen LogP contribution in [-0.4, -0.2) is 22.1 Å². The van der Waals surface area contributed by atoms with Gasteiger partial charge in [0.1, 0.15) is 5.75 Å². The Kier molecular flexibility index (Phi) is 24.0. The second kappa shape index (κ2) is 37.1. The van der Waals surface area contributed by atoms with E-state index in [-0.39, 0.29) is 10.8 Å². The van der Waals surface area contributed by atoms with Gasteiger partial charge in [0.15, 0.2) is 11.5 Å². The molecule has 0 saturated carbocycles. The van der Waals surface area contributed by atoms with Crippen molar-refractivity contribution in [1.29, 1.82) is 0 Å². The van der Waals surface area contributed by atoms with Crippen molar-refractivity contribution in [3.05, 3.63) is 510 Å². The predicted octanol–water partition coefficient (Wildman–Crippen LogP) is 33.8. The minimum atomic E-state index is 0.180. The molecular weight excluding hydrogens is 1600 g/mol. The van der Waals surface area contributed by atoms with Gasteiger partial charge in [0.2, 0.25) is 0 Å². The van der Waals surface area contributed by atoms with Crippen LogP contribution < -0.4 is 19.3 Å². The average molecular weight is 1700 g/mol. The van der Waals surface area contributed by atoms with Crippen LogP contribution in [0.15, 0.2) is 459 Å². The van der Waals surface area contributed by atoms with Crippen molar-refractivity contribution in [3.8, 4) is 17.2 Å². The topological polar surface area (TPSA) is 72.3 Å². The zero-order chi connectivity index (χ0) is 88.7. The van der Waals surface area contributed by atoms with E-state index in [0.717, 1.165) is 50.9 Å². The zero-order valence-corrected chi connectivity index (χ0v) is 75.2. The summed E-state index contributed by atoms with van der Waals surface area (Å²) in [6, 6.07) is 159. The van der Waals surface area contributed by atoms with Gasteiger partial charge in [-0.3, -0.25) is 0 Å². The van der Waals surface area contributed by atoms with Gasteiger partial charge in [-0.15, -0.1) is 0 Å². The molecular formula is C122H101N5O2S. The molecule has 632 valence electrons. The van der Waals surface area contributed by atoms with Gasteiger partial charge in [-0.2, -0.15) is 0 Å². The SMILES string of the molecule is CC(C)(C)c1ccc2[nH]c3ccc(C(C)(C)C)cc3c2c1.COc1ccc2[nH]c3ccc(C)cc3c2c1.c1ccc(C(=C(c2ccccc2)c2ccc3[nH]c4ccc(C(=C(c5ccccc5)c5ccccc5)c5ccccc5)cc4c3c2)c2ccccc2)cc1.c1ccc(N2c3ccccc3Oc3ccccc32)cc1.c1ccc(N2c3ccccc3Sc3ccccc32)cc1. The van der Waals surface area contributed by atoms with Crippen molar-refractivity contribution in [2.24, 2.45) is 0 Å². The number of ether oxygens (including phenoxy) is 2. The summed E-state index contributed by atoms with van der Waals surface area (Å²) < 4.78 is 11.2. The van der Waals surface area contributed by atoms with Crippen molar-refractivity contribution in [2.45, 2.75) is 69.1 Å². The Balaban J connectivity index is 0.000000117. The second-order valence-electron chi connectivity index (χ2n) is 35.0. The summed E-state index contributed by atoms with van der Waals surface area (Å²) in [6.45, 7) is 15.7. The third kappa shape index (κ3) is 17.7. The number of para-hydroxylation sites is 8. The van der Waals surface area contributed by atoms with E-state index in [9.17, 15) is 0 Å². The number of fused-ring (bicyclic) bond motifs is 13. The van der Waals surface area contributed by atoms with Gasteiger partial charge < -0.3 is 34.2 Å². The molecule has 3 N–H and O–H groups in total. The third-order valence-corrected chi connectivity index (χ3v) is 25.4. The van der Waals surface area contributed by atoms with Crippen LogP contribution in [0.5, 0.6) is 17.2 Å². The van der Waals surface area contributed by atoms with Crippen LogP contribution in [0.2, 0.25) is 0 Å². The molecule has 23 rings (SSSR count).